The highest BCUT2D eigenvalue weighted by atomic mass is 19.4. The van der Waals surface area contributed by atoms with Gasteiger partial charge in [-0.3, -0.25) is 13.9 Å². The zero-order valence-electron chi connectivity index (χ0n) is 20.5. The SMILES string of the molecule is Cn1ccc(-c2cc(C(=O)Nc3c(-c4ccccc4)nc4ccc([C@H](O)C(F)(F)F)cn34)ccc2C(F)(F)F)n1. The van der Waals surface area contributed by atoms with E-state index in [0.29, 0.717) is 5.56 Å². The molecule has 1 amide bonds. The van der Waals surface area contributed by atoms with E-state index in [9.17, 15) is 36.2 Å². The number of halogens is 6. The number of rotatable bonds is 5. The number of carbonyl (C=O) groups excluding carboxylic acids is 1. The number of aromatic nitrogens is 4. The molecule has 0 saturated carbocycles. The summed E-state index contributed by atoms with van der Waals surface area (Å²) < 4.78 is 83.3. The van der Waals surface area contributed by atoms with Crippen molar-refractivity contribution >= 4 is 17.4 Å². The second kappa shape index (κ2) is 9.83. The van der Waals surface area contributed by atoms with Gasteiger partial charge in [-0.05, 0) is 30.3 Å². The molecule has 5 aromatic rings. The molecule has 0 saturated heterocycles. The Labute approximate surface area is 222 Å². The molecule has 40 heavy (non-hydrogen) atoms. The van der Waals surface area contributed by atoms with Crippen LogP contribution in [0.15, 0.2) is 79.1 Å². The number of nitrogens with zero attached hydrogens (tertiary/aromatic N) is 4. The van der Waals surface area contributed by atoms with Gasteiger partial charge < -0.3 is 10.4 Å². The third kappa shape index (κ3) is 5.15. The lowest BCUT2D eigenvalue weighted by molar-refractivity contribution is -0.206. The number of imidazole rings is 1. The van der Waals surface area contributed by atoms with Gasteiger partial charge in [-0.2, -0.15) is 31.4 Å². The van der Waals surface area contributed by atoms with Gasteiger partial charge in [0.25, 0.3) is 5.91 Å². The summed E-state index contributed by atoms with van der Waals surface area (Å²) in [6.07, 6.45) is -10.0. The quantitative estimate of drug-likeness (QED) is 0.249. The topological polar surface area (TPSA) is 84.5 Å². The highest BCUT2D eigenvalue weighted by molar-refractivity contribution is 6.06. The molecule has 3 heterocycles. The fraction of sp³-hybridized carbons (Fsp3) is 0.148. The molecule has 206 valence electrons. The van der Waals surface area contributed by atoms with Gasteiger partial charge in [0, 0.05) is 41.7 Å². The zero-order valence-corrected chi connectivity index (χ0v) is 20.5. The first kappa shape index (κ1) is 26.9. The Kier molecular flexibility index (Phi) is 6.62. The summed E-state index contributed by atoms with van der Waals surface area (Å²) >= 11 is 0. The molecule has 0 unspecified atom stereocenters. The third-order valence-corrected chi connectivity index (χ3v) is 6.12. The molecule has 3 aromatic heterocycles. The second-order valence-electron chi connectivity index (χ2n) is 8.90. The number of hydrogen-bond donors (Lipinski definition) is 2. The molecule has 0 aliphatic rings. The molecule has 2 aromatic carbocycles. The maximum Gasteiger partial charge on any atom is 0.418 e. The summed E-state index contributed by atoms with van der Waals surface area (Å²) in [5.74, 6) is -0.881. The predicted molar refractivity (Wildman–Crippen MR) is 133 cm³/mol. The summed E-state index contributed by atoms with van der Waals surface area (Å²) in [5.41, 5.74) is -1.10. The largest absolute Gasteiger partial charge is 0.418 e. The summed E-state index contributed by atoms with van der Waals surface area (Å²) in [7, 11) is 1.53. The third-order valence-electron chi connectivity index (χ3n) is 6.12. The first-order valence-electron chi connectivity index (χ1n) is 11.7. The van der Waals surface area contributed by atoms with Crippen LogP contribution in [0, 0.1) is 0 Å². The van der Waals surface area contributed by atoms with Crippen molar-refractivity contribution < 1.29 is 36.2 Å². The van der Waals surface area contributed by atoms with Crippen molar-refractivity contribution in [3.05, 3.63) is 95.8 Å². The number of aliphatic hydroxyl groups excluding tert-OH is 1. The number of benzene rings is 2. The average Bonchev–Trinajstić information content (AvgIpc) is 3.50. The van der Waals surface area contributed by atoms with E-state index in [-0.39, 0.29) is 34.0 Å². The summed E-state index contributed by atoms with van der Waals surface area (Å²) in [6, 6.07) is 15.0. The van der Waals surface area contributed by atoms with Crippen molar-refractivity contribution in [1.82, 2.24) is 19.2 Å². The van der Waals surface area contributed by atoms with Crippen molar-refractivity contribution in [2.45, 2.75) is 18.5 Å². The molecule has 5 rings (SSSR count). The van der Waals surface area contributed by atoms with Crippen LogP contribution >= 0.6 is 0 Å². The van der Waals surface area contributed by atoms with Crippen molar-refractivity contribution in [3.63, 3.8) is 0 Å². The molecule has 2 N–H and O–H groups in total. The fourth-order valence-corrected chi connectivity index (χ4v) is 4.21. The van der Waals surface area contributed by atoms with Gasteiger partial charge in [0.2, 0.25) is 0 Å². The van der Waals surface area contributed by atoms with E-state index >= 15 is 0 Å². The van der Waals surface area contributed by atoms with Gasteiger partial charge in [0.15, 0.2) is 6.10 Å². The number of aryl methyl sites for hydroxylation is 1. The lowest BCUT2D eigenvalue weighted by Crippen LogP contribution is -2.20. The first-order chi connectivity index (χ1) is 18.8. The summed E-state index contributed by atoms with van der Waals surface area (Å²) in [4.78, 5) is 17.8. The Morgan fingerprint density at radius 3 is 2.33 bits per heavy atom. The molecular weight excluding hydrogens is 540 g/mol. The Morgan fingerprint density at radius 1 is 0.975 bits per heavy atom. The maximum atomic E-state index is 13.7. The molecule has 0 radical (unpaired) electrons. The zero-order chi connectivity index (χ0) is 28.8. The number of aliphatic hydroxyl groups is 1. The molecule has 0 spiro atoms. The van der Waals surface area contributed by atoms with Crippen molar-refractivity contribution in [1.29, 1.82) is 0 Å². The van der Waals surface area contributed by atoms with E-state index < -0.39 is 35.5 Å². The van der Waals surface area contributed by atoms with Crippen LogP contribution in [0.25, 0.3) is 28.2 Å². The van der Waals surface area contributed by atoms with Crippen molar-refractivity contribution in [3.8, 4) is 22.5 Å². The molecule has 0 aliphatic carbocycles. The first-order valence-corrected chi connectivity index (χ1v) is 11.7. The molecular formula is C27H19F6N5O2. The number of alkyl halides is 6. The smallest absolute Gasteiger partial charge is 0.379 e. The van der Waals surface area contributed by atoms with Crippen LogP contribution in [0.4, 0.5) is 32.2 Å². The molecule has 0 aliphatic heterocycles. The van der Waals surface area contributed by atoms with E-state index in [1.165, 1.54) is 34.5 Å². The Bertz CT molecular complexity index is 1710. The highest BCUT2D eigenvalue weighted by Gasteiger charge is 2.40. The molecule has 0 bridgehead atoms. The van der Waals surface area contributed by atoms with Gasteiger partial charge in [0.05, 0.1) is 11.3 Å². The number of anilines is 1. The molecule has 13 heteroatoms. The van der Waals surface area contributed by atoms with E-state index in [1.807, 2.05) is 0 Å². The molecule has 7 nitrogen and oxygen atoms in total. The van der Waals surface area contributed by atoms with Crippen molar-refractivity contribution in [2.24, 2.45) is 7.05 Å². The number of hydrogen-bond acceptors (Lipinski definition) is 4. The average molecular weight is 559 g/mol. The van der Waals surface area contributed by atoms with Crippen molar-refractivity contribution in [2.75, 3.05) is 5.32 Å². The van der Waals surface area contributed by atoms with Gasteiger partial charge in [-0.1, -0.05) is 36.4 Å². The summed E-state index contributed by atoms with van der Waals surface area (Å²) in [5, 5.41) is 16.4. The molecule has 1 atom stereocenters. The lowest BCUT2D eigenvalue weighted by atomic mass is 10.0. The Morgan fingerprint density at radius 2 is 1.70 bits per heavy atom. The number of carbonyl (C=O) groups is 1. The Balaban J connectivity index is 1.62. The van der Waals surface area contributed by atoms with Gasteiger partial charge in [0.1, 0.15) is 17.2 Å². The maximum absolute atomic E-state index is 13.7. The minimum Gasteiger partial charge on any atom is -0.379 e. The lowest BCUT2D eigenvalue weighted by Gasteiger charge is -2.16. The fourth-order valence-electron chi connectivity index (χ4n) is 4.21. The van der Waals surface area contributed by atoms with Crippen LogP contribution in [0.2, 0.25) is 0 Å². The second-order valence-corrected chi connectivity index (χ2v) is 8.90. The van der Waals surface area contributed by atoms with E-state index in [4.69, 9.17) is 0 Å². The van der Waals surface area contributed by atoms with Crippen LogP contribution in [0.3, 0.4) is 0 Å². The van der Waals surface area contributed by atoms with Crippen LogP contribution in [-0.2, 0) is 13.2 Å². The highest BCUT2D eigenvalue weighted by Crippen LogP contribution is 2.38. The van der Waals surface area contributed by atoms with E-state index in [0.717, 1.165) is 30.5 Å². The minimum absolute atomic E-state index is 0.00460. The predicted octanol–water partition coefficient (Wildman–Crippen LogP) is 6.27. The van der Waals surface area contributed by atoms with E-state index in [1.54, 1.807) is 30.3 Å². The Hall–Kier alpha value is -4.65. The van der Waals surface area contributed by atoms with E-state index in [2.05, 4.69) is 15.4 Å². The normalized spacial score (nSPS) is 13.0. The monoisotopic (exact) mass is 559 g/mol. The van der Waals surface area contributed by atoms with Gasteiger partial charge >= 0.3 is 12.4 Å². The number of nitrogens with one attached hydrogen (secondary N) is 1. The van der Waals surface area contributed by atoms with Crippen LogP contribution < -0.4 is 5.32 Å². The number of amides is 1. The van der Waals surface area contributed by atoms with Crippen LogP contribution in [0.5, 0.6) is 0 Å². The number of pyridine rings is 1. The van der Waals surface area contributed by atoms with Gasteiger partial charge in [-0.15, -0.1) is 0 Å². The van der Waals surface area contributed by atoms with Crippen LogP contribution in [-0.4, -0.2) is 36.4 Å². The van der Waals surface area contributed by atoms with Crippen LogP contribution in [0.1, 0.15) is 27.6 Å². The summed E-state index contributed by atoms with van der Waals surface area (Å²) in [6.45, 7) is 0. The van der Waals surface area contributed by atoms with Gasteiger partial charge in [-0.25, -0.2) is 4.98 Å². The standard InChI is InChI=1S/C27H19F6N5O2/c1-37-12-11-20(36-37)18-13-16(7-9-19(18)26(28,29)30)25(40)35-24-22(15-5-3-2-4-6-15)34-21-10-8-17(14-38(21)24)23(39)27(31,32)33/h2-14,23,39H,1H3,(H,35,40)/t23-/m0/s1. The molecule has 0 fully saturated rings. The number of fused-ring (bicyclic) bond motifs is 1. The minimum atomic E-state index is -4.94.